The van der Waals surface area contributed by atoms with Crippen molar-refractivity contribution < 1.29 is 14.9 Å². The predicted octanol–water partition coefficient (Wildman–Crippen LogP) is 1.75. The average molecular weight is 288 g/mol. The molecule has 1 aromatic carbocycles. The molecule has 0 saturated carbocycles. The Bertz CT molecular complexity index is 367. The Kier molecular flexibility index (Phi) is 6.75. The molecule has 1 rings (SSSR count). The zero-order valence-electron chi connectivity index (χ0n) is 11.4. The van der Waals surface area contributed by atoms with Crippen LogP contribution < -0.4 is 5.32 Å². The van der Waals surface area contributed by atoms with E-state index in [9.17, 15) is 10.2 Å². The van der Waals surface area contributed by atoms with Gasteiger partial charge in [0.1, 0.15) is 0 Å². The molecular weight excluding hydrogens is 266 g/mol. The maximum Gasteiger partial charge on any atom is 0.0914 e. The number of halogens is 1. The Labute approximate surface area is 119 Å². The highest BCUT2D eigenvalue weighted by atomic mass is 35.5. The number of hydrogen-bond acceptors (Lipinski definition) is 4. The average Bonchev–Trinajstić information content (AvgIpc) is 2.37. The smallest absolute Gasteiger partial charge is 0.0914 e. The van der Waals surface area contributed by atoms with Crippen molar-refractivity contribution >= 4 is 11.6 Å². The van der Waals surface area contributed by atoms with Crippen molar-refractivity contribution in [3.05, 3.63) is 34.9 Å². The topological polar surface area (TPSA) is 61.7 Å². The maximum absolute atomic E-state index is 10.0. The zero-order chi connectivity index (χ0) is 14.3. The van der Waals surface area contributed by atoms with E-state index in [1.807, 2.05) is 0 Å². The van der Waals surface area contributed by atoms with Crippen molar-refractivity contribution in [1.29, 1.82) is 0 Å². The van der Waals surface area contributed by atoms with E-state index in [0.29, 0.717) is 31.1 Å². The van der Waals surface area contributed by atoms with Crippen LogP contribution >= 0.6 is 11.6 Å². The third kappa shape index (κ3) is 6.36. The SMILES string of the molecule is COCCC(C)(O)CNCC(O)c1ccc(Cl)cc1. The second-order valence-corrected chi connectivity index (χ2v) is 5.37. The number of aliphatic hydroxyl groups is 2. The summed E-state index contributed by atoms with van der Waals surface area (Å²) in [5, 5.41) is 23.7. The Hall–Kier alpha value is -0.650. The van der Waals surface area contributed by atoms with Gasteiger partial charge in [0.2, 0.25) is 0 Å². The molecule has 0 aromatic heterocycles. The van der Waals surface area contributed by atoms with Crippen LogP contribution in [0.25, 0.3) is 0 Å². The van der Waals surface area contributed by atoms with Crippen LogP contribution in [0.2, 0.25) is 5.02 Å². The van der Waals surface area contributed by atoms with Gasteiger partial charge < -0.3 is 20.3 Å². The Morgan fingerprint density at radius 1 is 1.37 bits per heavy atom. The Morgan fingerprint density at radius 3 is 2.58 bits per heavy atom. The predicted molar refractivity (Wildman–Crippen MR) is 76.4 cm³/mol. The van der Waals surface area contributed by atoms with Crippen molar-refractivity contribution in [2.75, 3.05) is 26.8 Å². The molecular formula is C14H22ClNO3. The third-order valence-electron chi connectivity index (χ3n) is 2.94. The minimum Gasteiger partial charge on any atom is -0.389 e. The lowest BCUT2D eigenvalue weighted by Crippen LogP contribution is -2.40. The van der Waals surface area contributed by atoms with Crippen LogP contribution in [0.5, 0.6) is 0 Å². The van der Waals surface area contributed by atoms with E-state index >= 15 is 0 Å². The first-order valence-electron chi connectivity index (χ1n) is 6.30. The highest BCUT2D eigenvalue weighted by Gasteiger charge is 2.20. The first-order chi connectivity index (χ1) is 8.94. The van der Waals surface area contributed by atoms with Crippen LogP contribution in [-0.4, -0.2) is 42.6 Å². The summed E-state index contributed by atoms with van der Waals surface area (Å²) in [6, 6.07) is 7.07. The fourth-order valence-electron chi connectivity index (χ4n) is 1.69. The number of nitrogens with one attached hydrogen (secondary N) is 1. The van der Waals surface area contributed by atoms with E-state index in [1.54, 1.807) is 38.3 Å². The fraction of sp³-hybridized carbons (Fsp3) is 0.571. The summed E-state index contributed by atoms with van der Waals surface area (Å²) in [6.07, 6.45) is -0.0661. The van der Waals surface area contributed by atoms with Gasteiger partial charge in [-0.2, -0.15) is 0 Å². The van der Waals surface area contributed by atoms with Crippen LogP contribution in [-0.2, 0) is 4.74 Å². The van der Waals surface area contributed by atoms with Gasteiger partial charge in [-0.3, -0.25) is 0 Å². The lowest BCUT2D eigenvalue weighted by Gasteiger charge is -2.24. The molecule has 3 N–H and O–H groups in total. The van der Waals surface area contributed by atoms with Crippen LogP contribution in [0.1, 0.15) is 25.0 Å². The quantitative estimate of drug-likeness (QED) is 0.682. The van der Waals surface area contributed by atoms with Crippen molar-refractivity contribution in [3.8, 4) is 0 Å². The molecule has 4 nitrogen and oxygen atoms in total. The Morgan fingerprint density at radius 2 is 2.00 bits per heavy atom. The van der Waals surface area contributed by atoms with Gasteiger partial charge in [0.15, 0.2) is 0 Å². The van der Waals surface area contributed by atoms with Gasteiger partial charge in [0.25, 0.3) is 0 Å². The van der Waals surface area contributed by atoms with Gasteiger partial charge in [0.05, 0.1) is 11.7 Å². The van der Waals surface area contributed by atoms with E-state index in [0.717, 1.165) is 5.56 Å². The fourth-order valence-corrected chi connectivity index (χ4v) is 1.82. The van der Waals surface area contributed by atoms with Crippen LogP contribution in [0, 0.1) is 0 Å². The van der Waals surface area contributed by atoms with Crippen molar-refractivity contribution in [2.45, 2.75) is 25.0 Å². The zero-order valence-corrected chi connectivity index (χ0v) is 12.2. The number of hydrogen-bond donors (Lipinski definition) is 3. The molecule has 0 aliphatic heterocycles. The summed E-state index contributed by atoms with van der Waals surface area (Å²) in [4.78, 5) is 0. The monoisotopic (exact) mass is 287 g/mol. The number of methoxy groups -OCH3 is 1. The molecule has 0 aliphatic carbocycles. The first-order valence-corrected chi connectivity index (χ1v) is 6.68. The molecule has 0 saturated heterocycles. The van der Waals surface area contributed by atoms with Crippen LogP contribution in [0.3, 0.4) is 0 Å². The molecule has 0 spiro atoms. The van der Waals surface area contributed by atoms with Crippen LogP contribution in [0.15, 0.2) is 24.3 Å². The molecule has 0 aliphatic rings. The van der Waals surface area contributed by atoms with Gasteiger partial charge >= 0.3 is 0 Å². The molecule has 19 heavy (non-hydrogen) atoms. The molecule has 108 valence electrons. The summed E-state index contributed by atoms with van der Waals surface area (Å²) >= 11 is 5.79. The van der Waals surface area contributed by atoms with Crippen LogP contribution in [0.4, 0.5) is 0 Å². The van der Waals surface area contributed by atoms with Gasteiger partial charge in [-0.05, 0) is 24.6 Å². The number of benzene rings is 1. The minimum absolute atomic E-state index is 0.380. The van der Waals surface area contributed by atoms with Gasteiger partial charge in [-0.15, -0.1) is 0 Å². The second kappa shape index (κ2) is 7.82. The summed E-state index contributed by atoms with van der Waals surface area (Å²) in [7, 11) is 1.60. The van der Waals surface area contributed by atoms with Crippen molar-refractivity contribution in [1.82, 2.24) is 5.32 Å². The number of aliphatic hydroxyl groups excluding tert-OH is 1. The lowest BCUT2D eigenvalue weighted by atomic mass is 10.0. The largest absolute Gasteiger partial charge is 0.389 e. The van der Waals surface area contributed by atoms with Gasteiger partial charge in [0, 0.05) is 38.2 Å². The van der Waals surface area contributed by atoms with Gasteiger partial charge in [-0.1, -0.05) is 23.7 Å². The molecule has 0 amide bonds. The molecule has 1 aromatic rings. The van der Waals surface area contributed by atoms with E-state index in [-0.39, 0.29) is 0 Å². The summed E-state index contributed by atoms with van der Waals surface area (Å²) < 4.78 is 4.94. The summed E-state index contributed by atoms with van der Waals surface area (Å²) in [5.41, 5.74) is -0.0381. The normalized spacial score (nSPS) is 16.1. The molecule has 0 heterocycles. The Balaban J connectivity index is 2.34. The number of rotatable bonds is 8. The highest BCUT2D eigenvalue weighted by molar-refractivity contribution is 6.30. The molecule has 5 heteroatoms. The van der Waals surface area contributed by atoms with E-state index in [4.69, 9.17) is 16.3 Å². The highest BCUT2D eigenvalue weighted by Crippen LogP contribution is 2.16. The second-order valence-electron chi connectivity index (χ2n) is 4.94. The van der Waals surface area contributed by atoms with E-state index in [2.05, 4.69) is 5.32 Å². The lowest BCUT2D eigenvalue weighted by molar-refractivity contribution is 0.0225. The van der Waals surface area contributed by atoms with Crippen molar-refractivity contribution in [3.63, 3.8) is 0 Å². The molecule has 2 atom stereocenters. The standard InChI is InChI=1S/C14H22ClNO3/c1-14(18,7-8-19-2)10-16-9-13(17)11-3-5-12(15)6-4-11/h3-6,13,16-18H,7-10H2,1-2H3. The molecule has 2 unspecified atom stereocenters. The summed E-state index contributed by atoms with van der Waals surface area (Å²) in [6.45, 7) is 3.04. The maximum atomic E-state index is 10.0. The van der Waals surface area contributed by atoms with Crippen molar-refractivity contribution in [2.24, 2.45) is 0 Å². The number of ether oxygens (including phenoxy) is 1. The third-order valence-corrected chi connectivity index (χ3v) is 3.20. The molecule has 0 bridgehead atoms. The first kappa shape index (κ1) is 16.4. The molecule has 0 fully saturated rings. The van der Waals surface area contributed by atoms with Gasteiger partial charge in [-0.25, -0.2) is 0 Å². The summed E-state index contributed by atoms with van der Waals surface area (Å²) in [5.74, 6) is 0. The van der Waals surface area contributed by atoms with E-state index in [1.165, 1.54) is 0 Å². The molecule has 0 radical (unpaired) electrons. The van der Waals surface area contributed by atoms with E-state index < -0.39 is 11.7 Å². The minimum atomic E-state index is -0.838.